The molecule has 0 spiro atoms. The van der Waals surface area contributed by atoms with Gasteiger partial charge < -0.3 is 5.32 Å². The van der Waals surface area contributed by atoms with Crippen LogP contribution in [0.1, 0.15) is 18.1 Å². The first-order valence-corrected chi connectivity index (χ1v) is 12.2. The van der Waals surface area contributed by atoms with Crippen LogP contribution in [0.15, 0.2) is 82.8 Å². The Kier molecular flexibility index (Phi) is 6.40. The number of amides is 2. The molecule has 1 N–H and O–H groups in total. The predicted molar refractivity (Wildman–Crippen MR) is 138 cm³/mol. The Morgan fingerprint density at radius 3 is 2.63 bits per heavy atom. The number of benzene rings is 3. The van der Waals surface area contributed by atoms with Gasteiger partial charge >= 0.3 is 0 Å². The molecule has 2 amide bonds. The normalized spacial score (nSPS) is 17.3. The van der Waals surface area contributed by atoms with Gasteiger partial charge in [-0.05, 0) is 42.8 Å². The van der Waals surface area contributed by atoms with Crippen molar-refractivity contribution in [3.8, 4) is 0 Å². The van der Waals surface area contributed by atoms with Crippen molar-refractivity contribution >= 4 is 57.6 Å². The van der Waals surface area contributed by atoms with Crippen LogP contribution < -0.4 is 5.32 Å². The van der Waals surface area contributed by atoms with Crippen LogP contribution in [-0.2, 0) is 16.0 Å². The molecule has 3 aromatic carbocycles. The van der Waals surface area contributed by atoms with E-state index in [2.05, 4.69) is 10.3 Å². The third kappa shape index (κ3) is 4.72. The van der Waals surface area contributed by atoms with E-state index in [0.29, 0.717) is 23.1 Å². The molecule has 0 saturated heterocycles. The number of amidine groups is 2. The van der Waals surface area contributed by atoms with Crippen LogP contribution in [0.4, 0.5) is 15.8 Å². The lowest BCUT2D eigenvalue weighted by atomic mass is 10.0. The van der Waals surface area contributed by atoms with E-state index in [0.717, 1.165) is 17.2 Å². The minimum absolute atomic E-state index is 0.0448. The van der Waals surface area contributed by atoms with E-state index in [4.69, 9.17) is 16.6 Å². The summed E-state index contributed by atoms with van der Waals surface area (Å²) in [7, 11) is 0. The van der Waals surface area contributed by atoms with Crippen LogP contribution in [0.2, 0.25) is 5.02 Å². The molecule has 176 valence electrons. The largest absolute Gasteiger partial charge is 0.323 e. The Morgan fingerprint density at radius 1 is 1.11 bits per heavy atom. The molecule has 3 aromatic rings. The molecule has 2 heterocycles. The lowest BCUT2D eigenvalue weighted by Crippen LogP contribution is -2.45. The van der Waals surface area contributed by atoms with Crippen molar-refractivity contribution in [2.45, 2.75) is 24.6 Å². The lowest BCUT2D eigenvalue weighted by Gasteiger charge is -2.32. The molecule has 0 bridgehead atoms. The maximum Gasteiger partial charge on any atom is 0.271 e. The first-order chi connectivity index (χ1) is 16.9. The third-order valence-electron chi connectivity index (χ3n) is 5.72. The molecular weight excluding hydrogens is 487 g/mol. The number of nitrogens with zero attached hydrogens (tertiary/aromatic N) is 3. The van der Waals surface area contributed by atoms with Gasteiger partial charge in [-0.2, -0.15) is 4.99 Å². The number of para-hydroxylation sites is 1. The van der Waals surface area contributed by atoms with Crippen molar-refractivity contribution < 1.29 is 14.0 Å². The van der Waals surface area contributed by atoms with Gasteiger partial charge in [-0.3, -0.25) is 14.5 Å². The Bertz CT molecular complexity index is 1380. The zero-order valence-corrected chi connectivity index (χ0v) is 20.2. The standard InChI is InChI=1S/C26H20ClFN4O2S/c1-15(24(33)29-21-12-11-17(27)14-19(21)28)35-26-30-20-10-6-5-9-18(20)23-31-25(34)22(32(23)26)13-16-7-3-2-4-8-16/h2-12,14-15,22H,13H2,1H3,(H,29,33). The average Bonchev–Trinajstić information content (AvgIpc) is 3.17. The number of hydrogen-bond donors (Lipinski definition) is 1. The number of thioether (sulfide) groups is 1. The van der Waals surface area contributed by atoms with Crippen LogP contribution >= 0.6 is 23.4 Å². The number of fused-ring (bicyclic) bond motifs is 3. The van der Waals surface area contributed by atoms with Gasteiger partial charge in [0.1, 0.15) is 17.7 Å². The molecule has 0 aliphatic carbocycles. The van der Waals surface area contributed by atoms with Crippen LogP contribution in [0.5, 0.6) is 0 Å². The Labute approximate surface area is 210 Å². The molecule has 2 unspecified atom stereocenters. The fourth-order valence-electron chi connectivity index (χ4n) is 3.96. The third-order valence-corrected chi connectivity index (χ3v) is 7.02. The second-order valence-corrected chi connectivity index (χ2v) is 9.88. The number of halogens is 2. The summed E-state index contributed by atoms with van der Waals surface area (Å²) in [6.07, 6.45) is 0.449. The van der Waals surface area contributed by atoms with E-state index in [1.54, 1.807) is 6.92 Å². The maximum absolute atomic E-state index is 14.2. The lowest BCUT2D eigenvalue weighted by molar-refractivity contribution is -0.119. The summed E-state index contributed by atoms with van der Waals surface area (Å²) in [6, 6.07) is 20.6. The first kappa shape index (κ1) is 23.3. The number of anilines is 1. The highest BCUT2D eigenvalue weighted by Gasteiger charge is 2.42. The summed E-state index contributed by atoms with van der Waals surface area (Å²) in [5.41, 5.74) is 2.48. The van der Waals surface area contributed by atoms with Crippen molar-refractivity contribution in [2.24, 2.45) is 9.98 Å². The first-order valence-electron chi connectivity index (χ1n) is 11.0. The average molecular weight is 507 g/mol. The molecule has 2 atom stereocenters. The molecule has 0 aromatic heterocycles. The summed E-state index contributed by atoms with van der Waals surface area (Å²) in [5.74, 6) is -0.745. The molecule has 9 heteroatoms. The van der Waals surface area contributed by atoms with Gasteiger partial charge in [0.15, 0.2) is 5.17 Å². The SMILES string of the molecule is CC(SC1=Nc2ccccc2C2=NC(=O)C(Cc3ccccc3)N12)C(=O)Nc1ccc(Cl)cc1F. The van der Waals surface area contributed by atoms with Gasteiger partial charge in [-0.1, -0.05) is 65.8 Å². The monoisotopic (exact) mass is 506 g/mol. The zero-order chi connectivity index (χ0) is 24.5. The van der Waals surface area contributed by atoms with Gasteiger partial charge in [-0.15, -0.1) is 0 Å². The number of aliphatic imine (C=N–C) groups is 2. The fourth-order valence-corrected chi connectivity index (χ4v) is 5.08. The van der Waals surface area contributed by atoms with Crippen molar-refractivity contribution in [1.29, 1.82) is 0 Å². The molecule has 0 radical (unpaired) electrons. The number of hydrogen-bond acceptors (Lipinski definition) is 5. The topological polar surface area (TPSA) is 74.1 Å². The minimum Gasteiger partial charge on any atom is -0.323 e. The minimum atomic E-state index is -0.636. The molecule has 2 aliphatic rings. The van der Waals surface area contributed by atoms with E-state index in [1.165, 1.54) is 23.9 Å². The highest BCUT2D eigenvalue weighted by atomic mass is 35.5. The summed E-state index contributed by atoms with van der Waals surface area (Å²) >= 11 is 7.00. The van der Waals surface area contributed by atoms with E-state index >= 15 is 0 Å². The fraction of sp³-hybridized carbons (Fsp3) is 0.154. The Balaban J connectivity index is 1.43. The van der Waals surface area contributed by atoms with Crippen LogP contribution in [0, 0.1) is 5.82 Å². The zero-order valence-electron chi connectivity index (χ0n) is 18.6. The summed E-state index contributed by atoms with van der Waals surface area (Å²) in [4.78, 5) is 36.9. The molecule has 2 aliphatic heterocycles. The molecule has 35 heavy (non-hydrogen) atoms. The van der Waals surface area contributed by atoms with Gasteiger partial charge in [-0.25, -0.2) is 9.38 Å². The van der Waals surface area contributed by atoms with Gasteiger partial charge in [0.05, 0.1) is 16.6 Å². The smallest absolute Gasteiger partial charge is 0.271 e. The Morgan fingerprint density at radius 2 is 1.86 bits per heavy atom. The van der Waals surface area contributed by atoms with Crippen molar-refractivity contribution in [2.75, 3.05) is 5.32 Å². The van der Waals surface area contributed by atoms with Crippen molar-refractivity contribution in [3.63, 3.8) is 0 Å². The molecule has 0 saturated carbocycles. The van der Waals surface area contributed by atoms with Crippen LogP contribution in [0.25, 0.3) is 0 Å². The van der Waals surface area contributed by atoms with Crippen molar-refractivity contribution in [1.82, 2.24) is 4.90 Å². The van der Waals surface area contributed by atoms with Crippen LogP contribution in [0.3, 0.4) is 0 Å². The molecular formula is C26H20ClFN4O2S. The van der Waals surface area contributed by atoms with E-state index in [1.807, 2.05) is 59.5 Å². The summed E-state index contributed by atoms with van der Waals surface area (Å²) in [5, 5.41) is 2.70. The molecule has 0 fully saturated rings. The number of carbonyl (C=O) groups excluding carboxylic acids is 2. The molecule has 5 rings (SSSR count). The summed E-state index contributed by atoms with van der Waals surface area (Å²) < 4.78 is 14.2. The molecule has 6 nitrogen and oxygen atoms in total. The van der Waals surface area contributed by atoms with Crippen molar-refractivity contribution in [3.05, 3.63) is 94.8 Å². The van der Waals surface area contributed by atoms with E-state index < -0.39 is 23.0 Å². The quantitative estimate of drug-likeness (QED) is 0.500. The van der Waals surface area contributed by atoms with E-state index in [9.17, 15) is 14.0 Å². The summed E-state index contributed by atoms with van der Waals surface area (Å²) in [6.45, 7) is 1.71. The predicted octanol–water partition coefficient (Wildman–Crippen LogP) is 5.44. The maximum atomic E-state index is 14.2. The second-order valence-electron chi connectivity index (χ2n) is 8.13. The number of rotatable bonds is 5. The number of carbonyl (C=O) groups is 2. The highest BCUT2D eigenvalue weighted by Crippen LogP contribution is 2.36. The van der Waals surface area contributed by atoms with E-state index in [-0.39, 0.29) is 16.6 Å². The highest BCUT2D eigenvalue weighted by molar-refractivity contribution is 8.14. The van der Waals surface area contributed by atoms with Crippen LogP contribution in [-0.4, -0.2) is 39.0 Å². The number of nitrogens with one attached hydrogen (secondary N) is 1. The van der Waals surface area contributed by atoms with Gasteiger partial charge in [0.2, 0.25) is 5.91 Å². The van der Waals surface area contributed by atoms with Gasteiger partial charge in [0.25, 0.3) is 5.91 Å². The Hall–Kier alpha value is -3.49. The van der Waals surface area contributed by atoms with Gasteiger partial charge in [0, 0.05) is 17.0 Å². The second kappa shape index (κ2) is 9.64.